The molecule has 36 heavy (non-hydrogen) atoms. The molecule has 7 heteroatoms. The summed E-state index contributed by atoms with van der Waals surface area (Å²) in [5, 5.41) is 4.26. The van der Waals surface area contributed by atoms with Crippen LogP contribution in [0, 0.1) is 11.6 Å². The van der Waals surface area contributed by atoms with Crippen LogP contribution in [0.15, 0.2) is 102 Å². The molecule has 0 spiro atoms. The van der Waals surface area contributed by atoms with E-state index in [1.165, 1.54) is 23.3 Å². The van der Waals surface area contributed by atoms with Gasteiger partial charge in [-0.15, -0.1) is 0 Å². The van der Waals surface area contributed by atoms with Crippen LogP contribution >= 0.6 is 0 Å². The summed E-state index contributed by atoms with van der Waals surface area (Å²) in [6, 6.07) is 18.0. The van der Waals surface area contributed by atoms with Gasteiger partial charge in [-0.3, -0.25) is 0 Å². The summed E-state index contributed by atoms with van der Waals surface area (Å²) < 4.78 is 35.3. The molecule has 0 saturated carbocycles. The van der Waals surface area contributed by atoms with Crippen LogP contribution in [0.4, 0.5) is 8.78 Å². The molecule has 3 heterocycles. The Bertz CT molecular complexity index is 1610. The Balaban J connectivity index is 1.23. The van der Waals surface area contributed by atoms with Gasteiger partial charge in [0.2, 0.25) is 0 Å². The maximum atomic E-state index is 14.2. The predicted molar refractivity (Wildman–Crippen MR) is 134 cm³/mol. The van der Waals surface area contributed by atoms with Crippen LogP contribution in [-0.4, -0.2) is 19.7 Å². The normalized spacial score (nSPS) is 13.5. The Hall–Kier alpha value is -4.65. The first-order valence-electron chi connectivity index (χ1n) is 11.5. The Kier molecular flexibility index (Phi) is 5.58. The molecule has 0 unspecified atom stereocenters. The molecule has 0 atom stereocenters. The van der Waals surface area contributed by atoms with Crippen LogP contribution in [0.3, 0.4) is 0 Å². The lowest BCUT2D eigenvalue weighted by atomic mass is 10.0. The van der Waals surface area contributed by atoms with E-state index < -0.39 is 11.6 Å². The Morgan fingerprint density at radius 1 is 0.889 bits per heavy atom. The fraction of sp³-hybridized carbons (Fsp3) is 0.0690. The van der Waals surface area contributed by atoms with Crippen LogP contribution in [0.5, 0.6) is 0 Å². The first-order chi connectivity index (χ1) is 17.6. The van der Waals surface area contributed by atoms with E-state index in [9.17, 15) is 8.78 Å². The summed E-state index contributed by atoms with van der Waals surface area (Å²) in [4.78, 5) is 8.75. The van der Waals surface area contributed by atoms with Crippen LogP contribution < -0.4 is 0 Å². The summed E-state index contributed by atoms with van der Waals surface area (Å²) in [5.41, 5.74) is 5.37. The third-order valence-corrected chi connectivity index (χ3v) is 6.06. The van der Waals surface area contributed by atoms with Crippen molar-refractivity contribution in [1.82, 2.24) is 19.7 Å². The van der Waals surface area contributed by atoms with E-state index in [1.807, 2.05) is 35.0 Å². The molecule has 0 saturated heterocycles. The molecule has 3 aliphatic rings. The standard InChI is InChI=1S/C29H20F2N4O/c30-24-11-5-10-23(28(24)31)29-32-25-14-15-35(18-27(25)33-29)17-22-16-26(34-36-22)21-9-4-8-20(12-13-21)19-6-2-1-3-7-19/h1-7,9-16,18H,8,17H2. The van der Waals surface area contributed by atoms with Gasteiger partial charge in [0, 0.05) is 24.0 Å². The lowest BCUT2D eigenvalue weighted by Crippen LogP contribution is -1.99. The fourth-order valence-corrected chi connectivity index (χ4v) is 4.21. The summed E-state index contributed by atoms with van der Waals surface area (Å²) in [7, 11) is 0. The van der Waals surface area contributed by atoms with E-state index in [-0.39, 0.29) is 11.4 Å². The third-order valence-electron chi connectivity index (χ3n) is 6.06. The highest BCUT2D eigenvalue weighted by Gasteiger charge is 2.18. The molecular formula is C29H20F2N4O. The molecule has 0 N–H and O–H groups in total. The van der Waals surface area contributed by atoms with Crippen LogP contribution in [0.1, 0.15) is 23.4 Å². The lowest BCUT2D eigenvalue weighted by molar-refractivity contribution is 0.375. The van der Waals surface area contributed by atoms with Crippen LogP contribution in [0.2, 0.25) is 0 Å². The minimum atomic E-state index is -0.956. The monoisotopic (exact) mass is 478 g/mol. The maximum absolute atomic E-state index is 14.2. The van der Waals surface area contributed by atoms with Gasteiger partial charge in [0.05, 0.1) is 17.8 Å². The quantitative estimate of drug-likeness (QED) is 0.279. The van der Waals surface area contributed by atoms with Crippen LogP contribution in [0.25, 0.3) is 33.9 Å². The first kappa shape index (κ1) is 21.9. The number of fused-ring (bicyclic) bond motifs is 1. The second kappa shape index (κ2) is 9.19. The molecule has 6 rings (SSSR count). The summed E-state index contributed by atoms with van der Waals surface area (Å²) >= 11 is 0. The van der Waals surface area contributed by atoms with E-state index in [2.05, 4.69) is 51.6 Å². The van der Waals surface area contributed by atoms with E-state index in [1.54, 1.807) is 12.3 Å². The molecule has 2 aromatic carbocycles. The van der Waals surface area contributed by atoms with E-state index in [4.69, 9.17) is 4.52 Å². The molecule has 0 amide bonds. The highest BCUT2D eigenvalue weighted by atomic mass is 19.2. The number of hydrogen-bond donors (Lipinski definition) is 0. The van der Waals surface area contributed by atoms with E-state index in [0.717, 1.165) is 23.8 Å². The second-order valence-corrected chi connectivity index (χ2v) is 8.50. The van der Waals surface area contributed by atoms with Crippen molar-refractivity contribution in [1.29, 1.82) is 0 Å². The number of halogens is 2. The fourth-order valence-electron chi connectivity index (χ4n) is 4.21. The van der Waals surface area contributed by atoms with Gasteiger partial charge in [-0.2, -0.15) is 0 Å². The maximum Gasteiger partial charge on any atom is 0.169 e. The van der Waals surface area contributed by atoms with Crippen molar-refractivity contribution in [2.24, 2.45) is 0 Å². The topological polar surface area (TPSA) is 56.7 Å². The number of rotatable bonds is 5. The average molecular weight is 479 g/mol. The van der Waals surface area contributed by atoms with Gasteiger partial charge < -0.3 is 9.09 Å². The van der Waals surface area contributed by atoms with Crippen molar-refractivity contribution < 1.29 is 13.3 Å². The van der Waals surface area contributed by atoms with Crippen molar-refractivity contribution >= 4 is 11.1 Å². The van der Waals surface area contributed by atoms with Gasteiger partial charge in [0.25, 0.3) is 0 Å². The van der Waals surface area contributed by atoms with Crippen LogP contribution in [-0.2, 0) is 6.54 Å². The Labute approximate surface area is 206 Å². The molecule has 0 radical (unpaired) electrons. The van der Waals surface area contributed by atoms with Gasteiger partial charge in [-0.05, 0) is 35.8 Å². The van der Waals surface area contributed by atoms with Gasteiger partial charge in [-0.25, -0.2) is 18.7 Å². The smallest absolute Gasteiger partial charge is 0.169 e. The van der Waals surface area contributed by atoms with Gasteiger partial charge in [0.1, 0.15) is 11.4 Å². The van der Waals surface area contributed by atoms with Crippen molar-refractivity contribution in [3.8, 4) is 22.8 Å². The summed E-state index contributed by atoms with van der Waals surface area (Å²) in [5.74, 6) is -1.06. The van der Waals surface area contributed by atoms with Gasteiger partial charge in [-0.1, -0.05) is 65.9 Å². The lowest BCUT2D eigenvalue weighted by Gasteiger charge is -2.04. The Morgan fingerprint density at radius 2 is 1.75 bits per heavy atom. The van der Waals surface area contributed by atoms with E-state index >= 15 is 0 Å². The van der Waals surface area contributed by atoms with E-state index in [0.29, 0.717) is 23.7 Å². The van der Waals surface area contributed by atoms with Crippen molar-refractivity contribution in [2.45, 2.75) is 13.0 Å². The molecule has 1 aromatic heterocycles. The molecular weight excluding hydrogens is 458 g/mol. The van der Waals surface area contributed by atoms with Crippen molar-refractivity contribution in [3.63, 3.8) is 0 Å². The third kappa shape index (κ3) is 4.27. The van der Waals surface area contributed by atoms with Gasteiger partial charge in [0.15, 0.2) is 23.2 Å². The highest BCUT2D eigenvalue weighted by Crippen LogP contribution is 2.28. The minimum Gasteiger partial charge on any atom is -0.359 e. The number of benzene rings is 2. The highest BCUT2D eigenvalue weighted by molar-refractivity contribution is 5.79. The predicted octanol–water partition coefficient (Wildman–Crippen LogP) is 6.79. The minimum absolute atomic E-state index is 0.0341. The molecule has 2 aliphatic heterocycles. The molecule has 1 aliphatic carbocycles. The number of hydrogen-bond acceptors (Lipinski definition) is 4. The number of imidazole rings is 1. The average Bonchev–Trinajstić information content (AvgIpc) is 3.46. The van der Waals surface area contributed by atoms with Crippen molar-refractivity contribution in [2.75, 3.05) is 0 Å². The number of pyridine rings is 1. The molecule has 0 bridgehead atoms. The molecule has 3 aromatic rings. The number of allylic oxidation sites excluding steroid dienone is 6. The number of aromatic nitrogens is 4. The largest absolute Gasteiger partial charge is 0.359 e. The zero-order chi connectivity index (χ0) is 24.5. The number of nitrogens with zero attached hydrogens (tertiary/aromatic N) is 4. The first-order valence-corrected chi connectivity index (χ1v) is 11.5. The Morgan fingerprint density at radius 3 is 2.64 bits per heavy atom. The molecule has 5 nitrogen and oxygen atoms in total. The van der Waals surface area contributed by atoms with Gasteiger partial charge >= 0.3 is 0 Å². The zero-order valence-electron chi connectivity index (χ0n) is 19.1. The van der Waals surface area contributed by atoms with Crippen molar-refractivity contribution in [3.05, 3.63) is 126 Å². The zero-order valence-corrected chi connectivity index (χ0v) is 19.1. The SMILES string of the molecule is Fc1cccc(-c2nc3ccn(Cc4cc(C5=CC=C(c6ccccc6)CC=C5)no4)cc-3n2)c1F. The summed E-state index contributed by atoms with van der Waals surface area (Å²) in [6.07, 6.45) is 12.8. The summed E-state index contributed by atoms with van der Waals surface area (Å²) in [6.45, 7) is 0.432. The molecule has 176 valence electrons. The molecule has 0 fully saturated rings. The second-order valence-electron chi connectivity index (χ2n) is 8.50.